The fourth-order valence-electron chi connectivity index (χ4n) is 5.81. The molecule has 224 valence electrons. The molecule has 0 bridgehead atoms. The molecule has 0 aliphatic rings. The van der Waals surface area contributed by atoms with Gasteiger partial charge in [0, 0.05) is 24.8 Å². The van der Waals surface area contributed by atoms with Crippen LogP contribution in [0.4, 0.5) is 0 Å². The Kier molecular flexibility index (Phi) is 7.46. The SMILES string of the molecule is [c-]1n(-c2cccc(Oc3cccc(-n4[c-][n+](-c5c(-c6ccccc6)cccc5-c5ccccc5)cc4)c3)c2)cc[n+]1-c1ccccc1. The lowest BCUT2D eigenvalue weighted by Gasteiger charge is -2.16. The molecule has 5 nitrogen and oxygen atoms in total. The Labute approximate surface area is 274 Å². The van der Waals surface area contributed by atoms with E-state index in [1.807, 2.05) is 105 Å². The van der Waals surface area contributed by atoms with Crippen LogP contribution in [0.3, 0.4) is 0 Å². The highest BCUT2D eigenvalue weighted by Crippen LogP contribution is 2.33. The van der Waals surface area contributed by atoms with E-state index < -0.39 is 0 Å². The van der Waals surface area contributed by atoms with Crippen LogP contribution >= 0.6 is 0 Å². The smallest absolute Gasteiger partial charge is 0.268 e. The Morgan fingerprint density at radius 2 is 0.915 bits per heavy atom. The van der Waals surface area contributed by atoms with E-state index in [2.05, 4.69) is 108 Å². The minimum absolute atomic E-state index is 0.735. The second kappa shape index (κ2) is 12.5. The maximum Gasteiger partial charge on any atom is 0.268 e. The Hall–Kier alpha value is -6.46. The van der Waals surface area contributed by atoms with Crippen LogP contribution in [0, 0.1) is 12.7 Å². The van der Waals surface area contributed by atoms with Gasteiger partial charge in [0.2, 0.25) is 0 Å². The summed E-state index contributed by atoms with van der Waals surface area (Å²) in [6.07, 6.45) is 15.0. The van der Waals surface area contributed by atoms with Crippen molar-refractivity contribution in [2.45, 2.75) is 0 Å². The average Bonchev–Trinajstić information content (AvgIpc) is 3.84. The monoisotopic (exact) mass is 606 g/mol. The van der Waals surface area contributed by atoms with Gasteiger partial charge in [0.1, 0.15) is 11.5 Å². The summed E-state index contributed by atoms with van der Waals surface area (Å²) in [6.45, 7) is 0. The van der Waals surface area contributed by atoms with Crippen LogP contribution in [-0.4, -0.2) is 9.13 Å². The van der Waals surface area contributed by atoms with Gasteiger partial charge in [0.25, 0.3) is 12.7 Å². The third-order valence-corrected chi connectivity index (χ3v) is 8.07. The molecule has 0 unspecified atom stereocenters. The van der Waals surface area contributed by atoms with E-state index in [1.54, 1.807) is 0 Å². The Morgan fingerprint density at radius 3 is 1.47 bits per heavy atom. The molecule has 8 rings (SSSR count). The summed E-state index contributed by atoms with van der Waals surface area (Å²) < 4.78 is 14.4. The van der Waals surface area contributed by atoms with Crippen molar-refractivity contribution in [1.82, 2.24) is 9.13 Å². The maximum atomic E-state index is 6.37. The first-order valence-corrected chi connectivity index (χ1v) is 15.5. The molecule has 0 saturated carbocycles. The number of para-hydroxylation sites is 2. The number of hydrogen-bond acceptors (Lipinski definition) is 1. The zero-order valence-corrected chi connectivity index (χ0v) is 25.5. The summed E-state index contributed by atoms with van der Waals surface area (Å²) in [7, 11) is 0. The second-order valence-corrected chi connectivity index (χ2v) is 11.1. The van der Waals surface area contributed by atoms with E-state index in [9.17, 15) is 0 Å². The van der Waals surface area contributed by atoms with Gasteiger partial charge in [-0.1, -0.05) is 109 Å². The molecule has 0 N–H and O–H groups in total. The van der Waals surface area contributed by atoms with Gasteiger partial charge >= 0.3 is 0 Å². The molecule has 0 saturated heterocycles. The first kappa shape index (κ1) is 28.0. The molecule has 0 aliphatic carbocycles. The summed E-state index contributed by atoms with van der Waals surface area (Å²) in [5.41, 5.74) is 8.60. The van der Waals surface area contributed by atoms with Crippen LogP contribution in [0.1, 0.15) is 0 Å². The quantitative estimate of drug-likeness (QED) is 0.126. The van der Waals surface area contributed by atoms with E-state index in [-0.39, 0.29) is 0 Å². The first-order chi connectivity index (χ1) is 23.3. The van der Waals surface area contributed by atoms with Gasteiger partial charge in [-0.3, -0.25) is 18.3 Å². The van der Waals surface area contributed by atoms with Crippen molar-refractivity contribution in [3.05, 3.63) is 195 Å². The maximum absolute atomic E-state index is 6.37. The normalized spacial score (nSPS) is 11.0. The molecule has 2 aromatic heterocycles. The number of aromatic nitrogens is 4. The number of nitrogens with zero attached hydrogens (tertiary/aromatic N) is 4. The van der Waals surface area contributed by atoms with Crippen LogP contribution in [0.5, 0.6) is 11.5 Å². The zero-order valence-electron chi connectivity index (χ0n) is 25.5. The summed E-state index contributed by atoms with van der Waals surface area (Å²) in [5, 5.41) is 0. The number of imidazole rings is 2. The molecule has 0 amide bonds. The molecular weight excluding hydrogens is 576 g/mol. The van der Waals surface area contributed by atoms with Crippen molar-refractivity contribution >= 4 is 0 Å². The van der Waals surface area contributed by atoms with Gasteiger partial charge in [0.05, 0.1) is 22.7 Å². The van der Waals surface area contributed by atoms with E-state index >= 15 is 0 Å². The molecule has 0 spiro atoms. The van der Waals surface area contributed by atoms with Gasteiger partial charge in [0.15, 0.2) is 0 Å². The van der Waals surface area contributed by atoms with Gasteiger partial charge in [-0.05, 0) is 70.8 Å². The number of hydrogen-bond donors (Lipinski definition) is 0. The van der Waals surface area contributed by atoms with E-state index in [4.69, 9.17) is 4.74 Å². The summed E-state index contributed by atoms with van der Waals surface area (Å²) >= 11 is 0. The molecule has 2 heterocycles. The molecule has 6 aromatic carbocycles. The lowest BCUT2D eigenvalue weighted by molar-refractivity contribution is -0.599. The van der Waals surface area contributed by atoms with Crippen molar-refractivity contribution in [3.8, 4) is 56.5 Å². The van der Waals surface area contributed by atoms with Crippen molar-refractivity contribution in [1.29, 1.82) is 0 Å². The Morgan fingerprint density at radius 1 is 0.447 bits per heavy atom. The van der Waals surface area contributed by atoms with Crippen molar-refractivity contribution in [3.63, 3.8) is 0 Å². The van der Waals surface area contributed by atoms with E-state index in [0.717, 1.165) is 56.5 Å². The van der Waals surface area contributed by atoms with Gasteiger partial charge in [-0.25, -0.2) is 0 Å². The van der Waals surface area contributed by atoms with E-state index in [0.29, 0.717) is 0 Å². The average molecular weight is 607 g/mol. The minimum atomic E-state index is 0.735. The summed E-state index contributed by atoms with van der Waals surface area (Å²) in [5.74, 6) is 1.47. The van der Waals surface area contributed by atoms with Crippen LogP contribution in [0.2, 0.25) is 0 Å². The number of rotatable bonds is 8. The third-order valence-electron chi connectivity index (χ3n) is 8.07. The van der Waals surface area contributed by atoms with Crippen LogP contribution in [0.15, 0.2) is 183 Å². The third kappa shape index (κ3) is 5.86. The molecule has 0 atom stereocenters. The van der Waals surface area contributed by atoms with Gasteiger partial charge in [-0.15, -0.1) is 0 Å². The van der Waals surface area contributed by atoms with Crippen LogP contribution in [-0.2, 0) is 0 Å². The highest BCUT2D eigenvalue weighted by atomic mass is 16.5. The molecular formula is C42H30N4O. The highest BCUT2D eigenvalue weighted by Gasteiger charge is 2.15. The number of benzene rings is 6. The molecule has 0 aliphatic heterocycles. The molecule has 0 radical (unpaired) electrons. The van der Waals surface area contributed by atoms with E-state index in [1.165, 1.54) is 0 Å². The fraction of sp³-hybridized carbons (Fsp3) is 0. The Balaban J connectivity index is 1.09. The Bertz CT molecular complexity index is 2210. The largest absolute Gasteiger partial charge is 0.458 e. The summed E-state index contributed by atoms with van der Waals surface area (Å²) in [4.78, 5) is 0. The molecule has 5 heteroatoms. The van der Waals surface area contributed by atoms with Crippen molar-refractivity contribution < 1.29 is 13.9 Å². The van der Waals surface area contributed by atoms with Gasteiger partial charge in [-0.2, -0.15) is 0 Å². The topological polar surface area (TPSA) is 26.8 Å². The van der Waals surface area contributed by atoms with Gasteiger partial charge < -0.3 is 4.74 Å². The predicted octanol–water partition coefficient (Wildman–Crippen LogP) is 8.55. The predicted molar refractivity (Wildman–Crippen MR) is 183 cm³/mol. The molecule has 47 heavy (non-hydrogen) atoms. The molecule has 8 aromatic rings. The zero-order chi connectivity index (χ0) is 31.4. The standard InChI is InChI=1S/C42H30N4O/c1-4-13-33(14-5-1)40-23-12-24-41(34-15-6-2-7-16-34)42(40)46-28-27-45(32-46)37-20-11-22-39(30-37)47-38-21-10-19-36(29-38)44-26-25-43(31-44)35-17-8-3-9-18-35/h1-30H. The molecule has 0 fully saturated rings. The first-order valence-electron chi connectivity index (χ1n) is 15.5. The fourth-order valence-corrected chi connectivity index (χ4v) is 5.81. The highest BCUT2D eigenvalue weighted by molar-refractivity contribution is 5.82. The lowest BCUT2D eigenvalue weighted by Crippen LogP contribution is -2.30. The minimum Gasteiger partial charge on any atom is -0.458 e. The lowest BCUT2D eigenvalue weighted by atomic mass is 9.96. The van der Waals surface area contributed by atoms with Crippen LogP contribution in [0.25, 0.3) is 45.0 Å². The van der Waals surface area contributed by atoms with Crippen LogP contribution < -0.4 is 13.9 Å². The second-order valence-electron chi connectivity index (χ2n) is 11.1. The summed E-state index contributed by atoms with van der Waals surface area (Å²) in [6, 6.07) is 53.7. The number of ether oxygens (including phenoxy) is 1. The van der Waals surface area contributed by atoms with Crippen molar-refractivity contribution in [2.75, 3.05) is 0 Å². The van der Waals surface area contributed by atoms with Crippen molar-refractivity contribution in [2.24, 2.45) is 0 Å².